The molecule has 0 radical (unpaired) electrons. The topological polar surface area (TPSA) is 47.3 Å². The predicted molar refractivity (Wildman–Crippen MR) is 69.2 cm³/mol. The number of hydrogen-bond donors (Lipinski definition) is 1. The quantitative estimate of drug-likeness (QED) is 0.875. The van der Waals surface area contributed by atoms with Crippen LogP contribution in [0.4, 0.5) is 0 Å². The molecule has 2 rings (SSSR count). The Kier molecular flexibility index (Phi) is 3.79. The number of methoxy groups -OCH3 is 1. The van der Waals surface area contributed by atoms with Gasteiger partial charge < -0.3 is 14.4 Å². The van der Waals surface area contributed by atoms with Gasteiger partial charge in [-0.3, -0.25) is 0 Å². The highest BCUT2D eigenvalue weighted by Gasteiger charge is 2.35. The number of aryl methyl sites for hydroxylation is 1. The molecule has 18 heavy (non-hydrogen) atoms. The maximum absolute atomic E-state index is 10.9. The molecule has 4 nitrogen and oxygen atoms in total. The number of aliphatic hydroxyl groups is 1. The van der Waals surface area contributed by atoms with E-state index in [0.29, 0.717) is 5.82 Å². The third kappa shape index (κ3) is 2.17. The Morgan fingerprint density at radius 1 is 1.33 bits per heavy atom. The van der Waals surface area contributed by atoms with E-state index in [1.54, 1.807) is 13.3 Å². The zero-order valence-electron chi connectivity index (χ0n) is 10.7. The van der Waals surface area contributed by atoms with Gasteiger partial charge in [0, 0.05) is 26.0 Å². The van der Waals surface area contributed by atoms with Gasteiger partial charge in [0.05, 0.1) is 6.61 Å². The van der Waals surface area contributed by atoms with Crippen molar-refractivity contribution in [2.24, 2.45) is 0 Å². The number of imidazole rings is 1. The second-order valence-corrected chi connectivity index (χ2v) is 4.20. The molecule has 1 unspecified atom stereocenters. The molecule has 0 fully saturated rings. The molecule has 0 amide bonds. The molecule has 0 aliphatic rings. The van der Waals surface area contributed by atoms with Crippen LogP contribution in [0.3, 0.4) is 0 Å². The molecule has 0 spiro atoms. The number of aromatic nitrogens is 2. The van der Waals surface area contributed by atoms with Crippen molar-refractivity contribution in [1.82, 2.24) is 9.55 Å². The third-order valence-electron chi connectivity index (χ3n) is 3.03. The summed E-state index contributed by atoms with van der Waals surface area (Å²) >= 11 is 0. The van der Waals surface area contributed by atoms with E-state index >= 15 is 0 Å². The molecule has 0 aliphatic heterocycles. The Balaban J connectivity index is 2.51. The highest BCUT2D eigenvalue weighted by molar-refractivity contribution is 5.30. The molecule has 0 saturated carbocycles. The second kappa shape index (κ2) is 5.33. The summed E-state index contributed by atoms with van der Waals surface area (Å²) in [5, 5.41) is 10.9. The lowest BCUT2D eigenvalue weighted by molar-refractivity contribution is -0.0120. The zero-order valence-corrected chi connectivity index (χ0v) is 10.7. The minimum atomic E-state index is -1.21. The van der Waals surface area contributed by atoms with E-state index in [1.165, 1.54) is 0 Å². The largest absolute Gasteiger partial charge is 0.381 e. The van der Waals surface area contributed by atoms with Crippen LogP contribution in [0.5, 0.6) is 0 Å². The van der Waals surface area contributed by atoms with Crippen LogP contribution in [0.15, 0.2) is 42.7 Å². The third-order valence-corrected chi connectivity index (χ3v) is 3.03. The average molecular weight is 246 g/mol. The van der Waals surface area contributed by atoms with E-state index in [9.17, 15) is 5.11 Å². The van der Waals surface area contributed by atoms with Gasteiger partial charge in [0.2, 0.25) is 0 Å². The van der Waals surface area contributed by atoms with Crippen LogP contribution in [0.2, 0.25) is 0 Å². The van der Waals surface area contributed by atoms with Gasteiger partial charge in [0.1, 0.15) is 5.82 Å². The van der Waals surface area contributed by atoms with E-state index in [2.05, 4.69) is 4.98 Å². The minimum absolute atomic E-state index is 0.175. The summed E-state index contributed by atoms with van der Waals surface area (Å²) in [6, 6.07) is 9.48. The molecule has 0 bridgehead atoms. The fraction of sp³-hybridized carbons (Fsp3) is 0.357. The number of benzene rings is 1. The first-order valence-corrected chi connectivity index (χ1v) is 6.01. The van der Waals surface area contributed by atoms with Gasteiger partial charge in [0.25, 0.3) is 0 Å². The summed E-state index contributed by atoms with van der Waals surface area (Å²) in [4.78, 5) is 4.29. The first kappa shape index (κ1) is 12.8. The lowest BCUT2D eigenvalue weighted by Crippen LogP contribution is -2.35. The van der Waals surface area contributed by atoms with E-state index in [0.717, 1.165) is 12.1 Å². The van der Waals surface area contributed by atoms with Gasteiger partial charge in [-0.25, -0.2) is 4.98 Å². The Labute approximate surface area is 107 Å². The highest BCUT2D eigenvalue weighted by atomic mass is 16.5. The monoisotopic (exact) mass is 246 g/mol. The number of rotatable bonds is 5. The van der Waals surface area contributed by atoms with Crippen molar-refractivity contribution in [3.05, 3.63) is 54.1 Å². The first-order valence-electron chi connectivity index (χ1n) is 6.01. The Morgan fingerprint density at radius 2 is 2.06 bits per heavy atom. The molecular formula is C14H18N2O2. The summed E-state index contributed by atoms with van der Waals surface area (Å²) in [7, 11) is 1.58. The van der Waals surface area contributed by atoms with Crippen molar-refractivity contribution in [3.8, 4) is 0 Å². The van der Waals surface area contributed by atoms with Crippen molar-refractivity contribution in [1.29, 1.82) is 0 Å². The molecule has 2 aromatic rings. The molecule has 1 heterocycles. The van der Waals surface area contributed by atoms with E-state index in [1.807, 2.05) is 48.0 Å². The molecule has 0 saturated heterocycles. The Bertz CT molecular complexity index is 496. The van der Waals surface area contributed by atoms with Crippen LogP contribution in [-0.2, 0) is 16.9 Å². The van der Waals surface area contributed by atoms with Crippen LogP contribution in [-0.4, -0.2) is 28.4 Å². The minimum Gasteiger partial charge on any atom is -0.381 e. The summed E-state index contributed by atoms with van der Waals surface area (Å²) in [6.45, 7) is 2.95. The van der Waals surface area contributed by atoms with Crippen molar-refractivity contribution in [2.75, 3.05) is 13.7 Å². The van der Waals surface area contributed by atoms with Gasteiger partial charge in [-0.1, -0.05) is 30.3 Å². The lowest BCUT2D eigenvalue weighted by Gasteiger charge is -2.27. The van der Waals surface area contributed by atoms with E-state index < -0.39 is 5.60 Å². The second-order valence-electron chi connectivity index (χ2n) is 4.20. The predicted octanol–water partition coefficient (Wildman–Crippen LogP) is 1.79. The van der Waals surface area contributed by atoms with Gasteiger partial charge >= 0.3 is 0 Å². The fourth-order valence-corrected chi connectivity index (χ4v) is 2.13. The Morgan fingerprint density at radius 3 is 2.67 bits per heavy atom. The summed E-state index contributed by atoms with van der Waals surface area (Å²) < 4.78 is 7.10. The molecule has 4 heteroatoms. The lowest BCUT2D eigenvalue weighted by atomic mass is 9.93. The molecule has 0 aliphatic carbocycles. The van der Waals surface area contributed by atoms with Crippen LogP contribution < -0.4 is 0 Å². The SMILES string of the molecule is CCn1ccnc1C(O)(COC)c1ccccc1. The number of nitrogens with zero attached hydrogens (tertiary/aromatic N) is 2. The summed E-state index contributed by atoms with van der Waals surface area (Å²) in [5.74, 6) is 0.609. The van der Waals surface area contributed by atoms with Crippen molar-refractivity contribution in [2.45, 2.75) is 19.1 Å². The fourth-order valence-electron chi connectivity index (χ4n) is 2.13. The molecule has 1 atom stereocenters. The summed E-state index contributed by atoms with van der Waals surface area (Å²) in [6.07, 6.45) is 3.56. The van der Waals surface area contributed by atoms with E-state index in [4.69, 9.17) is 4.74 Å². The normalized spacial score (nSPS) is 14.4. The molecule has 1 N–H and O–H groups in total. The molecule has 1 aromatic heterocycles. The van der Waals surface area contributed by atoms with Gasteiger partial charge in [0.15, 0.2) is 5.60 Å². The maximum Gasteiger partial charge on any atom is 0.170 e. The van der Waals surface area contributed by atoms with Crippen LogP contribution in [0, 0.1) is 0 Å². The molecule has 1 aromatic carbocycles. The van der Waals surface area contributed by atoms with Gasteiger partial charge in [-0.2, -0.15) is 0 Å². The van der Waals surface area contributed by atoms with Gasteiger partial charge in [-0.05, 0) is 12.5 Å². The van der Waals surface area contributed by atoms with Crippen LogP contribution >= 0.6 is 0 Å². The number of ether oxygens (including phenoxy) is 1. The van der Waals surface area contributed by atoms with E-state index in [-0.39, 0.29) is 6.61 Å². The average Bonchev–Trinajstić information content (AvgIpc) is 2.89. The summed E-state index contributed by atoms with van der Waals surface area (Å²) in [5.41, 5.74) is -0.428. The van der Waals surface area contributed by atoms with Crippen molar-refractivity contribution in [3.63, 3.8) is 0 Å². The molecule has 96 valence electrons. The van der Waals surface area contributed by atoms with Crippen LogP contribution in [0.1, 0.15) is 18.3 Å². The van der Waals surface area contributed by atoms with Crippen LogP contribution in [0.25, 0.3) is 0 Å². The zero-order chi connectivity index (χ0) is 13.0. The smallest absolute Gasteiger partial charge is 0.170 e. The maximum atomic E-state index is 10.9. The van der Waals surface area contributed by atoms with Gasteiger partial charge in [-0.15, -0.1) is 0 Å². The highest BCUT2D eigenvalue weighted by Crippen LogP contribution is 2.28. The van der Waals surface area contributed by atoms with Crippen molar-refractivity contribution < 1.29 is 9.84 Å². The standard InChI is InChI=1S/C14H18N2O2/c1-3-16-10-9-15-13(16)14(17,11-18-2)12-7-5-4-6-8-12/h4-10,17H,3,11H2,1-2H3. The number of hydrogen-bond acceptors (Lipinski definition) is 3. The first-order chi connectivity index (χ1) is 8.72. The Hall–Kier alpha value is -1.65. The molecular weight excluding hydrogens is 228 g/mol. The van der Waals surface area contributed by atoms with Crippen molar-refractivity contribution >= 4 is 0 Å².